The second-order valence-corrected chi connectivity index (χ2v) is 12.4. The van der Waals surface area contributed by atoms with Gasteiger partial charge >= 0.3 is 7.52 Å². The third-order valence-corrected chi connectivity index (χ3v) is 10.5. The summed E-state index contributed by atoms with van der Waals surface area (Å²) in [6, 6.07) is 29.1. The second-order valence-electron chi connectivity index (χ2n) is 9.78. The summed E-state index contributed by atoms with van der Waals surface area (Å²) in [5.41, 5.74) is 4.07. The molecule has 0 saturated heterocycles. The molecule has 0 aliphatic carbocycles. The summed E-state index contributed by atoms with van der Waals surface area (Å²) in [5.74, 6) is 0. The van der Waals surface area contributed by atoms with Gasteiger partial charge in [0, 0.05) is 32.2 Å². The van der Waals surface area contributed by atoms with Gasteiger partial charge in [-0.25, -0.2) is 10.2 Å². The van der Waals surface area contributed by atoms with Crippen LogP contribution >= 0.6 is 7.52 Å². The average Bonchev–Trinajstić information content (AvgIpc) is 2.90. The van der Waals surface area contributed by atoms with Crippen molar-refractivity contribution < 1.29 is 19.0 Å². The molecule has 0 aromatic heterocycles. The predicted octanol–water partition coefficient (Wildman–Crippen LogP) is 6.21. The molecule has 200 valence electrons. The molecule has 2 atom stereocenters. The smallest absolute Gasteiger partial charge is 0.305 e. The zero-order valence-corrected chi connectivity index (χ0v) is 23.7. The SMILES string of the molecule is CONCCC(O)(C(c1ccccc1)(c1ccccc1)c1ccccc1)P(=O)(OC)N(C(C)C)C(C)C. The van der Waals surface area contributed by atoms with Gasteiger partial charge in [-0.05, 0) is 44.4 Å². The van der Waals surface area contributed by atoms with Gasteiger partial charge in [0.1, 0.15) is 0 Å². The number of aliphatic hydroxyl groups is 1. The maximum Gasteiger partial charge on any atom is 0.305 e. The van der Waals surface area contributed by atoms with Crippen LogP contribution in [0.2, 0.25) is 0 Å². The van der Waals surface area contributed by atoms with Crippen molar-refractivity contribution in [1.29, 1.82) is 0 Å². The highest BCUT2D eigenvalue weighted by molar-refractivity contribution is 7.58. The van der Waals surface area contributed by atoms with Crippen LogP contribution in [0.25, 0.3) is 0 Å². The van der Waals surface area contributed by atoms with E-state index in [2.05, 4.69) is 5.48 Å². The van der Waals surface area contributed by atoms with Crippen LogP contribution in [0.1, 0.15) is 50.8 Å². The molecule has 3 aromatic carbocycles. The van der Waals surface area contributed by atoms with Gasteiger partial charge in [0.15, 0.2) is 5.34 Å². The fourth-order valence-corrected chi connectivity index (χ4v) is 9.06. The lowest BCUT2D eigenvalue weighted by Crippen LogP contribution is -2.58. The van der Waals surface area contributed by atoms with Crippen LogP contribution in [0.3, 0.4) is 0 Å². The molecular formula is C30H41N2O4P. The third kappa shape index (κ3) is 5.20. The van der Waals surface area contributed by atoms with Crippen molar-refractivity contribution in [3.05, 3.63) is 108 Å². The number of nitrogens with zero attached hydrogens (tertiary/aromatic N) is 1. The van der Waals surface area contributed by atoms with E-state index in [-0.39, 0.29) is 25.0 Å². The minimum Gasteiger partial charge on any atom is -0.377 e. The van der Waals surface area contributed by atoms with Crippen molar-refractivity contribution in [2.75, 3.05) is 20.8 Å². The Bertz CT molecular complexity index is 1040. The first kappa shape index (κ1) is 29.2. The fourth-order valence-electron chi connectivity index (χ4n) is 5.77. The van der Waals surface area contributed by atoms with E-state index in [4.69, 9.17) is 9.36 Å². The van der Waals surface area contributed by atoms with Gasteiger partial charge < -0.3 is 14.5 Å². The number of hydroxylamine groups is 1. The molecule has 0 radical (unpaired) electrons. The number of hydrogen-bond donors (Lipinski definition) is 2. The lowest BCUT2D eigenvalue weighted by molar-refractivity contribution is 0.0143. The zero-order chi connectivity index (χ0) is 27.1. The molecule has 7 heteroatoms. The molecule has 3 aromatic rings. The van der Waals surface area contributed by atoms with Crippen LogP contribution in [0, 0.1) is 0 Å². The standard InChI is InChI=1S/C30H41N2O4P/c1-24(2)32(25(3)4)37(34,36-6)29(33,22-23-31-35-5)30(26-16-10-7-11-17-26,27-18-12-8-13-19-27)28-20-14-9-15-21-28/h7-21,24-25,31,33H,22-23H2,1-6H3. The summed E-state index contributed by atoms with van der Waals surface area (Å²) in [5, 5.41) is 11.5. The second kappa shape index (κ2) is 12.5. The normalized spacial score (nSPS) is 15.6. The van der Waals surface area contributed by atoms with Crippen molar-refractivity contribution in [3.63, 3.8) is 0 Å². The van der Waals surface area contributed by atoms with E-state index in [1.165, 1.54) is 14.2 Å². The van der Waals surface area contributed by atoms with Gasteiger partial charge in [-0.3, -0.25) is 4.57 Å². The van der Waals surface area contributed by atoms with Crippen molar-refractivity contribution in [2.45, 2.75) is 57.0 Å². The Morgan fingerprint density at radius 2 is 1.16 bits per heavy atom. The monoisotopic (exact) mass is 524 g/mol. The van der Waals surface area contributed by atoms with E-state index in [0.29, 0.717) is 0 Å². The van der Waals surface area contributed by atoms with Crippen LogP contribution in [0.4, 0.5) is 0 Å². The highest BCUT2D eigenvalue weighted by Gasteiger charge is 2.66. The molecule has 2 N–H and O–H groups in total. The van der Waals surface area contributed by atoms with Gasteiger partial charge in [0.05, 0.1) is 12.5 Å². The number of hydrogen-bond acceptors (Lipinski definition) is 5. The largest absolute Gasteiger partial charge is 0.377 e. The van der Waals surface area contributed by atoms with E-state index in [1.807, 2.05) is 123 Å². The van der Waals surface area contributed by atoms with E-state index >= 15 is 4.57 Å². The predicted molar refractivity (Wildman–Crippen MR) is 151 cm³/mol. The summed E-state index contributed by atoms with van der Waals surface area (Å²) in [6.07, 6.45) is 0.0839. The lowest BCUT2D eigenvalue weighted by Gasteiger charge is -2.54. The lowest BCUT2D eigenvalue weighted by atomic mass is 9.64. The Kier molecular flexibility index (Phi) is 9.87. The molecular weight excluding hydrogens is 483 g/mol. The zero-order valence-electron chi connectivity index (χ0n) is 22.8. The molecule has 0 saturated carbocycles. The molecule has 0 fully saturated rings. The van der Waals surface area contributed by atoms with Gasteiger partial charge in [-0.15, -0.1) is 0 Å². The van der Waals surface area contributed by atoms with Gasteiger partial charge in [0.25, 0.3) is 0 Å². The van der Waals surface area contributed by atoms with E-state index < -0.39 is 18.3 Å². The van der Waals surface area contributed by atoms with Crippen molar-refractivity contribution >= 4 is 7.52 Å². The van der Waals surface area contributed by atoms with Crippen molar-refractivity contribution in [3.8, 4) is 0 Å². The molecule has 0 bridgehead atoms. The number of benzene rings is 3. The number of nitrogens with one attached hydrogen (secondary N) is 1. The number of rotatable bonds is 13. The van der Waals surface area contributed by atoms with Gasteiger partial charge in [-0.1, -0.05) is 91.0 Å². The molecule has 2 unspecified atom stereocenters. The molecule has 0 amide bonds. The quantitative estimate of drug-likeness (QED) is 0.120. The molecule has 6 nitrogen and oxygen atoms in total. The van der Waals surface area contributed by atoms with Crippen LogP contribution in [-0.2, 0) is 19.3 Å². The van der Waals surface area contributed by atoms with E-state index in [0.717, 1.165) is 16.7 Å². The minimum absolute atomic E-state index is 0.0839. The topological polar surface area (TPSA) is 71.0 Å². The third-order valence-electron chi connectivity index (χ3n) is 7.02. The van der Waals surface area contributed by atoms with E-state index in [9.17, 15) is 5.11 Å². The van der Waals surface area contributed by atoms with Crippen LogP contribution in [-0.4, -0.2) is 48.0 Å². The first-order valence-corrected chi connectivity index (χ1v) is 14.4. The Hall–Kier alpha value is -2.31. The van der Waals surface area contributed by atoms with Crippen LogP contribution in [0.15, 0.2) is 91.0 Å². The molecule has 0 aliphatic rings. The van der Waals surface area contributed by atoms with Crippen LogP contribution < -0.4 is 5.48 Å². The Labute approximate surface area is 222 Å². The molecule has 3 rings (SSSR count). The molecule has 0 aliphatic heterocycles. The summed E-state index contributed by atoms with van der Waals surface area (Å²) in [6.45, 7) is 8.17. The molecule has 0 spiro atoms. The summed E-state index contributed by atoms with van der Waals surface area (Å²) >= 11 is 0. The summed E-state index contributed by atoms with van der Waals surface area (Å²) < 4.78 is 23.4. The van der Waals surface area contributed by atoms with Crippen molar-refractivity contribution in [1.82, 2.24) is 10.2 Å². The fraction of sp³-hybridized carbons (Fsp3) is 0.400. The van der Waals surface area contributed by atoms with E-state index in [1.54, 1.807) is 0 Å². The highest BCUT2D eigenvalue weighted by atomic mass is 31.2. The maximum absolute atomic E-state index is 15.5. The first-order valence-electron chi connectivity index (χ1n) is 12.8. The van der Waals surface area contributed by atoms with Crippen molar-refractivity contribution in [2.24, 2.45) is 0 Å². The van der Waals surface area contributed by atoms with Crippen LogP contribution in [0.5, 0.6) is 0 Å². The van der Waals surface area contributed by atoms with Gasteiger partial charge in [0.2, 0.25) is 0 Å². The Morgan fingerprint density at radius 3 is 1.46 bits per heavy atom. The Balaban J connectivity index is 2.57. The highest BCUT2D eigenvalue weighted by Crippen LogP contribution is 2.71. The van der Waals surface area contributed by atoms with Gasteiger partial charge in [-0.2, -0.15) is 0 Å². The summed E-state index contributed by atoms with van der Waals surface area (Å²) in [4.78, 5) is 5.16. The molecule has 0 heterocycles. The Morgan fingerprint density at radius 1 is 0.784 bits per heavy atom. The summed E-state index contributed by atoms with van der Waals surface area (Å²) in [7, 11) is -1.04. The molecule has 37 heavy (non-hydrogen) atoms. The first-order chi connectivity index (χ1) is 17.7. The minimum atomic E-state index is -4.01. The maximum atomic E-state index is 15.5. The average molecular weight is 525 g/mol.